The summed E-state index contributed by atoms with van der Waals surface area (Å²) >= 11 is 0. The molecule has 0 fully saturated rings. The number of fused-ring (bicyclic) bond motifs is 1. The van der Waals surface area contributed by atoms with Crippen LogP contribution in [0.4, 0.5) is 10.3 Å². The molecule has 0 spiro atoms. The number of nitrogens with one attached hydrogen (secondary N) is 1. The molecule has 0 aliphatic carbocycles. The molecule has 0 radical (unpaired) electrons. The molecule has 36 heavy (non-hydrogen) atoms. The molecule has 0 unspecified atom stereocenters. The van der Waals surface area contributed by atoms with Crippen molar-refractivity contribution >= 4 is 17.0 Å². The van der Waals surface area contributed by atoms with Crippen LogP contribution in [0.5, 0.6) is 0 Å². The molecular weight excluding hydrogens is 457 g/mol. The molecule has 3 N–H and O–H groups in total. The number of aromatic amines is 1. The van der Waals surface area contributed by atoms with Gasteiger partial charge in [0, 0.05) is 54.6 Å². The van der Waals surface area contributed by atoms with Gasteiger partial charge in [-0.15, -0.1) is 0 Å². The fraction of sp³-hybridized carbons (Fsp3) is 0.192. The summed E-state index contributed by atoms with van der Waals surface area (Å²) in [7, 11) is 0. The number of nitrogens with two attached hydrogens (primary N) is 1. The quantitative estimate of drug-likeness (QED) is 0.394. The first-order valence-corrected chi connectivity index (χ1v) is 11.6. The smallest absolute Gasteiger partial charge is 0.225 e. The molecule has 0 amide bonds. The number of anilines is 1. The van der Waals surface area contributed by atoms with E-state index >= 15 is 0 Å². The predicted octanol–water partition coefficient (Wildman–Crippen LogP) is 3.56. The van der Waals surface area contributed by atoms with Crippen LogP contribution in [0.1, 0.15) is 30.2 Å². The Bertz CT molecular complexity index is 1540. The Balaban J connectivity index is 1.21. The molecule has 4 aromatic heterocycles. The van der Waals surface area contributed by atoms with Gasteiger partial charge >= 0.3 is 0 Å². The molecule has 5 heterocycles. The first kappa shape index (κ1) is 22.1. The summed E-state index contributed by atoms with van der Waals surface area (Å²) < 4.78 is 15.2. The van der Waals surface area contributed by atoms with Crippen molar-refractivity contribution < 1.29 is 4.39 Å². The van der Waals surface area contributed by atoms with Crippen molar-refractivity contribution in [3.8, 4) is 11.1 Å². The minimum Gasteiger partial charge on any atom is -0.337 e. The lowest BCUT2D eigenvalue weighted by Gasteiger charge is -2.28. The molecule has 1 aliphatic heterocycles. The number of hydrogen-bond acceptors (Lipinski definition) is 7. The van der Waals surface area contributed by atoms with Crippen LogP contribution in [0.2, 0.25) is 0 Å². The molecule has 1 aromatic carbocycles. The molecule has 5 aromatic rings. The van der Waals surface area contributed by atoms with Gasteiger partial charge in [0.25, 0.3) is 0 Å². The third-order valence-electron chi connectivity index (χ3n) is 6.72. The fourth-order valence-corrected chi connectivity index (χ4v) is 4.53. The minimum absolute atomic E-state index is 0.295. The monoisotopic (exact) mass is 481 g/mol. The predicted molar refractivity (Wildman–Crippen MR) is 134 cm³/mol. The summed E-state index contributed by atoms with van der Waals surface area (Å²) in [5.41, 5.74) is 12.4. The topological polar surface area (TPSA) is 114 Å². The van der Waals surface area contributed by atoms with Crippen LogP contribution in [-0.4, -0.2) is 47.9 Å². The summed E-state index contributed by atoms with van der Waals surface area (Å²) in [6.45, 7) is 3.29. The zero-order chi connectivity index (χ0) is 24.7. The molecule has 9 nitrogen and oxygen atoms in total. The van der Waals surface area contributed by atoms with E-state index in [0.717, 1.165) is 52.0 Å². The van der Waals surface area contributed by atoms with Crippen LogP contribution >= 0.6 is 0 Å². The third kappa shape index (κ3) is 3.91. The average molecular weight is 482 g/mol. The highest BCUT2D eigenvalue weighted by Gasteiger charge is 2.26. The van der Waals surface area contributed by atoms with E-state index in [-0.39, 0.29) is 5.82 Å². The first-order chi connectivity index (χ1) is 17.5. The first-order valence-electron chi connectivity index (χ1n) is 11.6. The van der Waals surface area contributed by atoms with Gasteiger partial charge in [0.15, 0.2) is 0 Å². The molecule has 10 heteroatoms. The van der Waals surface area contributed by atoms with Crippen molar-refractivity contribution in [2.24, 2.45) is 5.73 Å². The van der Waals surface area contributed by atoms with E-state index in [2.05, 4.69) is 47.3 Å². The van der Waals surface area contributed by atoms with Crippen molar-refractivity contribution in [2.45, 2.75) is 18.9 Å². The lowest BCUT2D eigenvalue weighted by molar-refractivity contribution is 0.587. The van der Waals surface area contributed by atoms with Crippen molar-refractivity contribution in [3.05, 3.63) is 96.4 Å². The van der Waals surface area contributed by atoms with E-state index in [1.54, 1.807) is 37.1 Å². The SMILES string of the molecule is C[C@](N)(c1ccc(F)cc1)c1cnc(N2CC=C(c3ncnn4cc(-c5cn[nH]c5)cc34)CC2)nc1. The Morgan fingerprint density at radius 2 is 1.83 bits per heavy atom. The molecule has 6 rings (SSSR count). The van der Waals surface area contributed by atoms with Crippen LogP contribution in [-0.2, 0) is 5.54 Å². The highest BCUT2D eigenvalue weighted by atomic mass is 19.1. The Morgan fingerprint density at radius 3 is 2.53 bits per heavy atom. The normalized spacial score (nSPS) is 15.6. The fourth-order valence-electron chi connectivity index (χ4n) is 4.53. The van der Waals surface area contributed by atoms with E-state index in [9.17, 15) is 4.39 Å². The summed E-state index contributed by atoms with van der Waals surface area (Å²) in [6.07, 6.45) is 13.7. The van der Waals surface area contributed by atoms with Crippen LogP contribution in [0.25, 0.3) is 22.2 Å². The molecule has 1 atom stereocenters. The van der Waals surface area contributed by atoms with Crippen molar-refractivity contribution in [2.75, 3.05) is 18.0 Å². The van der Waals surface area contributed by atoms with E-state index in [0.29, 0.717) is 12.5 Å². The molecule has 0 saturated carbocycles. The Kier molecular flexibility index (Phi) is 5.30. The standard InChI is InChI=1S/C26H24FN9/c1-26(28,20-2-4-22(27)5-3-20)21-13-29-25(30-14-21)35-8-6-17(7-9-35)24-23-10-18(19-11-32-33-12-19)15-36(23)34-16-31-24/h2-6,10-16H,7-9,28H2,1H3,(H,32,33)/t26-/m0/s1. The number of rotatable bonds is 5. The van der Waals surface area contributed by atoms with Gasteiger partial charge in [0.05, 0.1) is 22.9 Å². The van der Waals surface area contributed by atoms with Gasteiger partial charge in [-0.1, -0.05) is 18.2 Å². The van der Waals surface area contributed by atoms with Gasteiger partial charge in [-0.05, 0) is 42.7 Å². The number of halogens is 1. The van der Waals surface area contributed by atoms with Gasteiger partial charge < -0.3 is 10.6 Å². The van der Waals surface area contributed by atoms with E-state index in [1.807, 2.05) is 23.8 Å². The number of hydrogen-bond donors (Lipinski definition) is 2. The number of aromatic nitrogens is 7. The molecule has 0 bridgehead atoms. The van der Waals surface area contributed by atoms with Gasteiger partial charge in [0.2, 0.25) is 5.95 Å². The van der Waals surface area contributed by atoms with E-state index in [4.69, 9.17) is 5.73 Å². The summed E-state index contributed by atoms with van der Waals surface area (Å²) in [5.74, 6) is 0.346. The summed E-state index contributed by atoms with van der Waals surface area (Å²) in [6, 6.07) is 8.27. The largest absolute Gasteiger partial charge is 0.337 e. The average Bonchev–Trinajstić information content (AvgIpc) is 3.59. The maximum atomic E-state index is 13.3. The lowest BCUT2D eigenvalue weighted by Crippen LogP contribution is -2.35. The zero-order valence-corrected chi connectivity index (χ0v) is 19.6. The molecule has 180 valence electrons. The second-order valence-corrected chi connectivity index (χ2v) is 9.06. The van der Waals surface area contributed by atoms with Gasteiger partial charge in [0.1, 0.15) is 12.1 Å². The maximum Gasteiger partial charge on any atom is 0.225 e. The minimum atomic E-state index is -0.827. The Labute approximate surface area is 206 Å². The maximum absolute atomic E-state index is 13.3. The zero-order valence-electron chi connectivity index (χ0n) is 19.6. The van der Waals surface area contributed by atoms with Crippen LogP contribution in [0.3, 0.4) is 0 Å². The molecular formula is C26H24FN9. The van der Waals surface area contributed by atoms with Crippen LogP contribution in [0.15, 0.2) is 73.7 Å². The third-order valence-corrected chi connectivity index (χ3v) is 6.72. The van der Waals surface area contributed by atoms with Crippen molar-refractivity contribution in [3.63, 3.8) is 0 Å². The lowest BCUT2D eigenvalue weighted by atomic mass is 9.87. The van der Waals surface area contributed by atoms with E-state index in [1.165, 1.54) is 12.1 Å². The van der Waals surface area contributed by atoms with Gasteiger partial charge in [-0.2, -0.15) is 10.2 Å². The number of benzene rings is 1. The second-order valence-electron chi connectivity index (χ2n) is 9.06. The highest BCUT2D eigenvalue weighted by molar-refractivity contribution is 5.80. The molecule has 1 aliphatic rings. The van der Waals surface area contributed by atoms with Crippen molar-refractivity contribution in [1.29, 1.82) is 0 Å². The van der Waals surface area contributed by atoms with E-state index < -0.39 is 5.54 Å². The number of H-pyrrole nitrogens is 1. The highest BCUT2D eigenvalue weighted by Crippen LogP contribution is 2.30. The van der Waals surface area contributed by atoms with Gasteiger partial charge in [-0.25, -0.2) is 23.9 Å². The Morgan fingerprint density at radius 1 is 1.03 bits per heavy atom. The van der Waals surface area contributed by atoms with Crippen LogP contribution < -0.4 is 10.6 Å². The number of nitrogens with zero attached hydrogens (tertiary/aromatic N) is 7. The van der Waals surface area contributed by atoms with Crippen molar-refractivity contribution in [1.82, 2.24) is 34.8 Å². The second kappa shape index (κ2) is 8.65. The Hall–Kier alpha value is -4.44. The van der Waals surface area contributed by atoms with Crippen LogP contribution in [0, 0.1) is 5.82 Å². The van der Waals surface area contributed by atoms with Gasteiger partial charge in [-0.3, -0.25) is 5.10 Å². The summed E-state index contributed by atoms with van der Waals surface area (Å²) in [5, 5.41) is 11.3. The summed E-state index contributed by atoms with van der Waals surface area (Å²) in [4.78, 5) is 15.9. The molecule has 0 saturated heterocycles.